The Morgan fingerprint density at radius 1 is 0.875 bits per heavy atom. The highest BCUT2D eigenvalue weighted by molar-refractivity contribution is 6.00. The Labute approximate surface area is 194 Å². The average molecular weight is 443 g/mol. The van der Waals surface area contributed by atoms with Gasteiger partial charge in [-0.05, 0) is 48.6 Å². The minimum Gasteiger partial charge on any atom is -0.496 e. The van der Waals surface area contributed by atoms with Crippen LogP contribution in [0.2, 0.25) is 0 Å². The highest BCUT2D eigenvalue weighted by Gasteiger charge is 2.44. The molecule has 32 heavy (non-hydrogen) atoms. The fourth-order valence-corrected chi connectivity index (χ4v) is 5.15. The smallest absolute Gasteiger partial charge is 0.252 e. The highest BCUT2D eigenvalue weighted by atomic mass is 16.5. The van der Waals surface area contributed by atoms with Gasteiger partial charge >= 0.3 is 0 Å². The number of amides is 2. The van der Waals surface area contributed by atoms with Crippen LogP contribution in [-0.4, -0.2) is 42.5 Å². The van der Waals surface area contributed by atoms with Crippen molar-refractivity contribution in [1.29, 1.82) is 0 Å². The number of hydrogen-bond donors (Lipinski definition) is 1. The van der Waals surface area contributed by atoms with E-state index in [4.69, 9.17) is 4.74 Å². The summed E-state index contributed by atoms with van der Waals surface area (Å²) in [4.78, 5) is 29.2. The van der Waals surface area contributed by atoms with Crippen molar-refractivity contribution in [2.24, 2.45) is 0 Å². The summed E-state index contributed by atoms with van der Waals surface area (Å²) in [5, 5.41) is 3.25. The molecule has 1 N–H and O–H groups in total. The molecule has 1 heterocycles. The fraction of sp³-hybridized carbons (Fsp3) is 0.704. The van der Waals surface area contributed by atoms with Gasteiger partial charge in [-0.2, -0.15) is 0 Å². The summed E-state index contributed by atoms with van der Waals surface area (Å²) in [7, 11) is 1.70. The zero-order valence-corrected chi connectivity index (χ0v) is 21.2. The molecule has 5 heteroatoms. The number of likely N-dealkylation sites (tertiary alicyclic amines) is 1. The molecule has 2 fully saturated rings. The zero-order chi connectivity index (χ0) is 23.7. The predicted octanol–water partition coefficient (Wildman–Crippen LogP) is 5.35. The molecule has 1 aromatic carbocycles. The highest BCUT2D eigenvalue weighted by Crippen LogP contribution is 2.41. The first-order valence-corrected chi connectivity index (χ1v) is 12.2. The van der Waals surface area contributed by atoms with Crippen LogP contribution in [0, 0.1) is 0 Å². The van der Waals surface area contributed by atoms with Gasteiger partial charge in [0, 0.05) is 29.8 Å². The SMILES string of the molecule is COc1c(C(C)(C)C)cc(C(=O)NC2(C(=O)N3CCCC3)CCCCC2)cc1C(C)(C)C. The molecule has 5 nitrogen and oxygen atoms in total. The third kappa shape index (κ3) is 4.97. The summed E-state index contributed by atoms with van der Waals surface area (Å²) in [6.45, 7) is 14.4. The van der Waals surface area contributed by atoms with Gasteiger partial charge in [0.1, 0.15) is 11.3 Å². The van der Waals surface area contributed by atoms with Gasteiger partial charge < -0.3 is 15.0 Å². The summed E-state index contributed by atoms with van der Waals surface area (Å²) >= 11 is 0. The second-order valence-corrected chi connectivity index (χ2v) is 11.7. The molecular weight excluding hydrogens is 400 g/mol. The van der Waals surface area contributed by atoms with E-state index in [1.807, 2.05) is 17.0 Å². The number of ether oxygens (including phenoxy) is 1. The minimum atomic E-state index is -0.774. The molecule has 1 aromatic rings. The standard InChI is InChI=1S/C27H42N2O3/c1-25(2,3)20-17-19(18-21(22(20)32-7)26(4,5)6)23(30)28-27(13-9-8-10-14-27)24(31)29-15-11-12-16-29/h17-18H,8-16H2,1-7H3,(H,28,30). The first-order valence-electron chi connectivity index (χ1n) is 12.2. The van der Waals surface area contributed by atoms with E-state index < -0.39 is 5.54 Å². The Morgan fingerprint density at radius 3 is 1.81 bits per heavy atom. The van der Waals surface area contributed by atoms with E-state index >= 15 is 0 Å². The summed E-state index contributed by atoms with van der Waals surface area (Å²) in [6.07, 6.45) is 6.63. The van der Waals surface area contributed by atoms with Gasteiger partial charge in [-0.15, -0.1) is 0 Å². The van der Waals surface area contributed by atoms with E-state index in [9.17, 15) is 9.59 Å². The van der Waals surface area contributed by atoms with E-state index in [0.717, 1.165) is 74.9 Å². The Bertz CT molecular complexity index is 814. The topological polar surface area (TPSA) is 58.6 Å². The summed E-state index contributed by atoms with van der Waals surface area (Å²) < 4.78 is 5.85. The number of nitrogens with one attached hydrogen (secondary N) is 1. The van der Waals surface area contributed by atoms with E-state index in [0.29, 0.717) is 5.56 Å². The van der Waals surface area contributed by atoms with Gasteiger partial charge in [-0.1, -0.05) is 60.8 Å². The van der Waals surface area contributed by atoms with Crippen molar-refractivity contribution in [2.75, 3.05) is 20.2 Å². The van der Waals surface area contributed by atoms with E-state index in [1.54, 1.807) is 7.11 Å². The second-order valence-electron chi connectivity index (χ2n) is 11.7. The van der Waals surface area contributed by atoms with Crippen molar-refractivity contribution in [2.45, 2.75) is 103 Å². The molecule has 1 saturated carbocycles. The number of nitrogens with zero attached hydrogens (tertiary/aromatic N) is 1. The predicted molar refractivity (Wildman–Crippen MR) is 129 cm³/mol. The van der Waals surface area contributed by atoms with Crippen molar-refractivity contribution in [3.8, 4) is 5.75 Å². The molecule has 1 saturated heterocycles. The fourth-order valence-electron chi connectivity index (χ4n) is 5.15. The number of carbonyl (C=O) groups is 2. The average Bonchev–Trinajstić information content (AvgIpc) is 3.26. The summed E-state index contributed by atoms with van der Waals surface area (Å²) in [5.41, 5.74) is 1.50. The maximum absolute atomic E-state index is 13.7. The number of benzene rings is 1. The molecule has 0 atom stereocenters. The van der Waals surface area contributed by atoms with Crippen molar-refractivity contribution in [3.63, 3.8) is 0 Å². The third-order valence-electron chi connectivity index (χ3n) is 7.03. The van der Waals surface area contributed by atoms with Gasteiger partial charge in [-0.25, -0.2) is 0 Å². The normalized spacial score (nSPS) is 19.0. The lowest BCUT2D eigenvalue weighted by Gasteiger charge is -2.39. The van der Waals surface area contributed by atoms with E-state index in [2.05, 4.69) is 46.9 Å². The summed E-state index contributed by atoms with van der Waals surface area (Å²) in [6, 6.07) is 3.92. The molecule has 0 spiro atoms. The van der Waals surface area contributed by atoms with Crippen LogP contribution in [-0.2, 0) is 15.6 Å². The largest absolute Gasteiger partial charge is 0.496 e. The molecule has 1 aliphatic carbocycles. The van der Waals surface area contributed by atoms with Gasteiger partial charge in [0.15, 0.2) is 0 Å². The van der Waals surface area contributed by atoms with Crippen LogP contribution in [0.3, 0.4) is 0 Å². The van der Waals surface area contributed by atoms with Crippen LogP contribution in [0.25, 0.3) is 0 Å². The Morgan fingerprint density at radius 2 is 1.38 bits per heavy atom. The quantitative estimate of drug-likeness (QED) is 0.684. The Hall–Kier alpha value is -2.04. The number of hydrogen-bond acceptors (Lipinski definition) is 3. The van der Waals surface area contributed by atoms with Crippen molar-refractivity contribution in [3.05, 3.63) is 28.8 Å². The summed E-state index contributed by atoms with van der Waals surface area (Å²) in [5.74, 6) is 0.809. The van der Waals surface area contributed by atoms with Crippen molar-refractivity contribution >= 4 is 11.8 Å². The first-order chi connectivity index (χ1) is 14.9. The first kappa shape index (κ1) is 24.6. The molecule has 0 bridgehead atoms. The second kappa shape index (κ2) is 9.07. The van der Waals surface area contributed by atoms with Gasteiger partial charge in [0.25, 0.3) is 5.91 Å². The van der Waals surface area contributed by atoms with Crippen LogP contribution in [0.4, 0.5) is 0 Å². The molecule has 0 aromatic heterocycles. The minimum absolute atomic E-state index is 0.114. The van der Waals surface area contributed by atoms with Gasteiger partial charge in [-0.3, -0.25) is 9.59 Å². The van der Waals surface area contributed by atoms with Gasteiger partial charge in [0.2, 0.25) is 5.91 Å². The number of rotatable bonds is 4. The van der Waals surface area contributed by atoms with Crippen LogP contribution < -0.4 is 10.1 Å². The lowest BCUT2D eigenvalue weighted by molar-refractivity contribution is -0.138. The van der Waals surface area contributed by atoms with Crippen molar-refractivity contribution < 1.29 is 14.3 Å². The Balaban J connectivity index is 2.02. The molecule has 178 valence electrons. The molecule has 0 unspecified atom stereocenters. The molecule has 2 aliphatic rings. The van der Waals surface area contributed by atoms with Crippen LogP contribution in [0.1, 0.15) is 108 Å². The molecule has 0 radical (unpaired) electrons. The monoisotopic (exact) mass is 442 g/mol. The molecule has 3 rings (SSSR count). The lowest BCUT2D eigenvalue weighted by Crippen LogP contribution is -2.60. The van der Waals surface area contributed by atoms with E-state index in [1.165, 1.54) is 0 Å². The Kier molecular flexibility index (Phi) is 6.97. The molecule has 2 amide bonds. The zero-order valence-electron chi connectivity index (χ0n) is 21.2. The van der Waals surface area contributed by atoms with E-state index in [-0.39, 0.29) is 22.6 Å². The van der Waals surface area contributed by atoms with Crippen molar-refractivity contribution in [1.82, 2.24) is 10.2 Å². The van der Waals surface area contributed by atoms with Gasteiger partial charge in [0.05, 0.1) is 7.11 Å². The molecule has 1 aliphatic heterocycles. The lowest BCUT2D eigenvalue weighted by atomic mass is 9.77. The van der Waals surface area contributed by atoms with Crippen LogP contribution >= 0.6 is 0 Å². The number of carbonyl (C=O) groups excluding carboxylic acids is 2. The van der Waals surface area contributed by atoms with Crippen LogP contribution in [0.5, 0.6) is 5.75 Å². The maximum Gasteiger partial charge on any atom is 0.252 e. The maximum atomic E-state index is 13.7. The number of methoxy groups -OCH3 is 1. The third-order valence-corrected chi connectivity index (χ3v) is 7.03. The van der Waals surface area contributed by atoms with Crippen LogP contribution in [0.15, 0.2) is 12.1 Å². The molecular formula is C27H42N2O3.